The molecule has 1 saturated heterocycles. The summed E-state index contributed by atoms with van der Waals surface area (Å²) in [5.41, 5.74) is 1.36. The summed E-state index contributed by atoms with van der Waals surface area (Å²) in [6.45, 7) is 2.08. The number of aliphatic hydroxyl groups is 1. The molecule has 0 aromatic heterocycles. The zero-order valence-corrected chi connectivity index (χ0v) is 17.3. The van der Waals surface area contributed by atoms with Gasteiger partial charge in [-0.3, -0.25) is 19.7 Å². The molecule has 31 heavy (non-hydrogen) atoms. The molecule has 2 aromatic rings. The van der Waals surface area contributed by atoms with Crippen molar-refractivity contribution in [2.45, 2.75) is 13.0 Å². The number of non-ortho nitro benzene ring substituents is 1. The van der Waals surface area contributed by atoms with Crippen molar-refractivity contribution in [1.29, 1.82) is 0 Å². The number of nitro groups is 1. The average molecular weight is 426 g/mol. The first-order valence-corrected chi connectivity index (χ1v) is 9.46. The van der Waals surface area contributed by atoms with Crippen molar-refractivity contribution < 1.29 is 29.1 Å². The maximum absolute atomic E-state index is 12.9. The maximum atomic E-state index is 12.9. The fraction of sp³-hybridized carbons (Fsp3) is 0.273. The quantitative estimate of drug-likeness (QED) is 0.238. The molecule has 0 saturated carbocycles. The van der Waals surface area contributed by atoms with Crippen LogP contribution in [0.25, 0.3) is 5.76 Å². The smallest absolute Gasteiger partial charge is 0.295 e. The number of benzene rings is 2. The molecule has 3 rings (SSSR count). The molecule has 1 heterocycles. The number of methoxy groups -OCH3 is 2. The lowest BCUT2D eigenvalue weighted by Crippen LogP contribution is -2.32. The van der Waals surface area contributed by atoms with E-state index in [-0.39, 0.29) is 30.2 Å². The number of carbonyl (C=O) groups is 2. The number of nitrogens with zero attached hydrogens (tertiary/aromatic N) is 2. The van der Waals surface area contributed by atoms with Crippen LogP contribution in [-0.2, 0) is 14.3 Å². The topological polar surface area (TPSA) is 119 Å². The summed E-state index contributed by atoms with van der Waals surface area (Å²) in [5.74, 6) is -1.31. The van der Waals surface area contributed by atoms with E-state index in [0.29, 0.717) is 16.9 Å². The molecule has 9 nitrogen and oxygen atoms in total. The van der Waals surface area contributed by atoms with Crippen LogP contribution >= 0.6 is 0 Å². The molecule has 1 aliphatic rings. The number of amides is 1. The van der Waals surface area contributed by atoms with E-state index in [2.05, 4.69) is 0 Å². The highest BCUT2D eigenvalue weighted by atomic mass is 16.6. The zero-order chi connectivity index (χ0) is 22.7. The number of Topliss-reactive ketones (excluding diaryl/α,β-unsaturated/α-hetero) is 1. The number of carbonyl (C=O) groups excluding carboxylic acids is 2. The van der Waals surface area contributed by atoms with Crippen molar-refractivity contribution in [3.63, 3.8) is 0 Å². The molecule has 1 amide bonds. The maximum Gasteiger partial charge on any atom is 0.295 e. The summed E-state index contributed by atoms with van der Waals surface area (Å²) in [6.07, 6.45) is 0. The monoisotopic (exact) mass is 426 g/mol. The van der Waals surface area contributed by atoms with Crippen LogP contribution in [0.5, 0.6) is 5.75 Å². The summed E-state index contributed by atoms with van der Waals surface area (Å²) >= 11 is 0. The molecule has 0 spiro atoms. The van der Waals surface area contributed by atoms with Gasteiger partial charge in [0.1, 0.15) is 11.5 Å². The molecule has 1 fully saturated rings. The molecule has 1 unspecified atom stereocenters. The van der Waals surface area contributed by atoms with Gasteiger partial charge in [0.2, 0.25) is 0 Å². The van der Waals surface area contributed by atoms with E-state index in [0.717, 1.165) is 5.56 Å². The number of ketones is 1. The molecule has 0 bridgehead atoms. The standard InChI is InChI=1S/C22H22N2O7/c1-13-12-15(6-9-17(13)31-3)20(25)18-19(14-4-7-16(8-5-14)24(28)29)23(10-11-30-2)22(27)21(18)26/h4-9,12,19,25H,10-11H2,1-3H3/b20-18-. The van der Waals surface area contributed by atoms with Crippen molar-refractivity contribution in [2.24, 2.45) is 0 Å². The van der Waals surface area contributed by atoms with E-state index in [4.69, 9.17) is 9.47 Å². The number of hydrogen-bond donors (Lipinski definition) is 1. The van der Waals surface area contributed by atoms with Gasteiger partial charge >= 0.3 is 0 Å². The number of hydrogen-bond acceptors (Lipinski definition) is 7. The Morgan fingerprint density at radius 3 is 2.39 bits per heavy atom. The van der Waals surface area contributed by atoms with Crippen LogP contribution in [0.1, 0.15) is 22.7 Å². The van der Waals surface area contributed by atoms with Crippen LogP contribution in [0, 0.1) is 17.0 Å². The first-order valence-electron chi connectivity index (χ1n) is 9.46. The predicted molar refractivity (Wildman–Crippen MR) is 112 cm³/mol. The van der Waals surface area contributed by atoms with Gasteiger partial charge in [-0.05, 0) is 48.4 Å². The van der Waals surface area contributed by atoms with Crippen molar-refractivity contribution in [3.8, 4) is 5.75 Å². The molecule has 2 aromatic carbocycles. The first-order chi connectivity index (χ1) is 14.8. The Labute approximate surface area is 178 Å². The molecule has 1 aliphatic heterocycles. The van der Waals surface area contributed by atoms with Crippen molar-refractivity contribution in [2.75, 3.05) is 27.4 Å². The van der Waals surface area contributed by atoms with Crippen LogP contribution in [0.15, 0.2) is 48.0 Å². The number of aryl methyl sites for hydroxylation is 1. The van der Waals surface area contributed by atoms with Gasteiger partial charge in [-0.15, -0.1) is 0 Å². The van der Waals surface area contributed by atoms with Gasteiger partial charge in [0.05, 0.1) is 30.3 Å². The molecular weight excluding hydrogens is 404 g/mol. The molecule has 1 atom stereocenters. The summed E-state index contributed by atoms with van der Waals surface area (Å²) in [5, 5.41) is 22.0. The van der Waals surface area contributed by atoms with Gasteiger partial charge in [0, 0.05) is 31.4 Å². The highest BCUT2D eigenvalue weighted by molar-refractivity contribution is 6.46. The third kappa shape index (κ3) is 4.13. The normalized spacial score (nSPS) is 17.8. The molecule has 0 radical (unpaired) electrons. The highest BCUT2D eigenvalue weighted by Gasteiger charge is 2.46. The second-order valence-corrected chi connectivity index (χ2v) is 7.02. The van der Waals surface area contributed by atoms with Crippen LogP contribution in [0.3, 0.4) is 0 Å². The first kappa shape index (κ1) is 22.0. The Hall–Kier alpha value is -3.72. The van der Waals surface area contributed by atoms with Gasteiger partial charge < -0.3 is 19.5 Å². The number of ether oxygens (including phenoxy) is 2. The van der Waals surface area contributed by atoms with E-state index in [1.165, 1.54) is 43.4 Å². The summed E-state index contributed by atoms with van der Waals surface area (Å²) < 4.78 is 10.3. The largest absolute Gasteiger partial charge is 0.507 e. The number of aliphatic hydroxyl groups excluding tert-OH is 1. The van der Waals surface area contributed by atoms with Crippen molar-refractivity contribution >= 4 is 23.1 Å². The lowest BCUT2D eigenvalue weighted by Gasteiger charge is -2.25. The SMILES string of the molecule is COCCN1C(=O)C(=O)/C(=C(\O)c2ccc(OC)c(C)c2)C1c1ccc([N+](=O)[O-])cc1. The Morgan fingerprint density at radius 2 is 1.84 bits per heavy atom. The van der Waals surface area contributed by atoms with Gasteiger partial charge in [-0.25, -0.2) is 0 Å². The third-order valence-electron chi connectivity index (χ3n) is 5.16. The second-order valence-electron chi connectivity index (χ2n) is 7.02. The van der Waals surface area contributed by atoms with E-state index >= 15 is 0 Å². The fourth-order valence-corrected chi connectivity index (χ4v) is 3.61. The van der Waals surface area contributed by atoms with Crippen LogP contribution in [-0.4, -0.2) is 54.0 Å². The Bertz CT molecular complexity index is 1060. The van der Waals surface area contributed by atoms with Gasteiger partial charge in [0.25, 0.3) is 17.4 Å². The molecule has 1 N–H and O–H groups in total. The van der Waals surface area contributed by atoms with Crippen LogP contribution in [0.4, 0.5) is 5.69 Å². The summed E-state index contributed by atoms with van der Waals surface area (Å²) in [4.78, 5) is 37.4. The fourth-order valence-electron chi connectivity index (χ4n) is 3.61. The lowest BCUT2D eigenvalue weighted by atomic mass is 9.94. The van der Waals surface area contributed by atoms with E-state index in [1.807, 2.05) is 0 Å². The van der Waals surface area contributed by atoms with Crippen molar-refractivity contribution in [3.05, 3.63) is 74.8 Å². The lowest BCUT2D eigenvalue weighted by molar-refractivity contribution is -0.384. The predicted octanol–water partition coefficient (Wildman–Crippen LogP) is 2.98. The van der Waals surface area contributed by atoms with Gasteiger partial charge in [-0.1, -0.05) is 0 Å². The van der Waals surface area contributed by atoms with Crippen molar-refractivity contribution in [1.82, 2.24) is 4.90 Å². The molecular formula is C22H22N2O7. The molecule has 9 heteroatoms. The van der Waals surface area contributed by atoms with Crippen LogP contribution in [0.2, 0.25) is 0 Å². The third-order valence-corrected chi connectivity index (χ3v) is 5.16. The second kappa shape index (κ2) is 8.97. The zero-order valence-electron chi connectivity index (χ0n) is 17.3. The minimum atomic E-state index is -0.904. The summed E-state index contributed by atoms with van der Waals surface area (Å²) in [6, 6.07) is 9.54. The number of rotatable bonds is 7. The average Bonchev–Trinajstić information content (AvgIpc) is 3.01. The Morgan fingerprint density at radius 1 is 1.16 bits per heavy atom. The van der Waals surface area contributed by atoms with E-state index in [9.17, 15) is 24.8 Å². The number of nitro benzene ring substituents is 1. The number of likely N-dealkylation sites (tertiary alicyclic amines) is 1. The minimum absolute atomic E-state index is 0.0838. The minimum Gasteiger partial charge on any atom is -0.507 e. The van der Waals surface area contributed by atoms with E-state index < -0.39 is 22.7 Å². The van der Waals surface area contributed by atoms with Gasteiger partial charge in [-0.2, -0.15) is 0 Å². The molecule has 162 valence electrons. The van der Waals surface area contributed by atoms with Gasteiger partial charge in [0.15, 0.2) is 0 Å². The molecule has 0 aliphatic carbocycles. The Balaban J connectivity index is 2.15. The summed E-state index contributed by atoms with van der Waals surface area (Å²) in [7, 11) is 3.00. The highest BCUT2D eigenvalue weighted by Crippen LogP contribution is 2.40. The van der Waals surface area contributed by atoms with E-state index in [1.54, 1.807) is 25.1 Å². The van der Waals surface area contributed by atoms with Crippen LogP contribution < -0.4 is 4.74 Å². The Kier molecular flexibility index (Phi) is 6.36.